The molecule has 0 aliphatic carbocycles. The van der Waals surface area contributed by atoms with E-state index in [0.717, 1.165) is 27.6 Å². The first-order valence-electron chi connectivity index (χ1n) is 9.46. The van der Waals surface area contributed by atoms with E-state index < -0.39 is 17.7 Å². The molecule has 8 heteroatoms. The van der Waals surface area contributed by atoms with Crippen molar-refractivity contribution in [2.45, 2.75) is 39.4 Å². The third-order valence-electron chi connectivity index (χ3n) is 4.80. The van der Waals surface area contributed by atoms with E-state index in [1.807, 2.05) is 52.0 Å². The number of fused-ring (bicyclic) bond motifs is 3. The van der Waals surface area contributed by atoms with Crippen LogP contribution in [-0.4, -0.2) is 36.7 Å². The molecule has 0 aliphatic heterocycles. The Balaban J connectivity index is 2.11. The number of nitrogens with zero attached hydrogens (tertiary/aromatic N) is 4. The summed E-state index contributed by atoms with van der Waals surface area (Å²) in [7, 11) is 0. The maximum atomic E-state index is 12.3. The summed E-state index contributed by atoms with van der Waals surface area (Å²) in [6, 6.07) is 12.9. The molecule has 0 radical (unpaired) electrons. The summed E-state index contributed by atoms with van der Waals surface area (Å²) >= 11 is 6.10. The fourth-order valence-electron chi connectivity index (χ4n) is 3.65. The van der Waals surface area contributed by atoms with Crippen molar-refractivity contribution in [2.24, 2.45) is 0 Å². The van der Waals surface area contributed by atoms with Crippen molar-refractivity contribution in [3.8, 4) is 11.1 Å². The highest BCUT2D eigenvalue weighted by Gasteiger charge is 2.31. The van der Waals surface area contributed by atoms with E-state index in [-0.39, 0.29) is 0 Å². The SMILES string of the molecule is Cc1cc2c(ccc3nnnn32)c(-c2ccc(Cl)cc2)c1[C@H](OC(C)(C)C)C(=O)O. The molecule has 4 aromatic rings. The van der Waals surface area contributed by atoms with E-state index in [1.165, 1.54) is 0 Å². The van der Waals surface area contributed by atoms with Gasteiger partial charge in [0.1, 0.15) is 0 Å². The standard InChI is InChI=1S/C22H21ClN4O3/c1-12-11-16-15(9-10-17-24-25-26-27(16)17)19(13-5-7-14(23)8-6-13)18(12)20(21(28)29)30-22(2,3)4/h5-11,20H,1-4H3,(H,28,29)/t20-/m0/s1. The highest BCUT2D eigenvalue weighted by Crippen LogP contribution is 2.40. The topological polar surface area (TPSA) is 89.6 Å². The normalized spacial score (nSPS) is 13.1. The van der Waals surface area contributed by atoms with Crippen LogP contribution in [0.1, 0.15) is 38.0 Å². The molecule has 0 saturated carbocycles. The van der Waals surface area contributed by atoms with Crippen LogP contribution in [-0.2, 0) is 9.53 Å². The van der Waals surface area contributed by atoms with Gasteiger partial charge in [-0.15, -0.1) is 5.10 Å². The minimum absolute atomic E-state index is 0.597. The van der Waals surface area contributed by atoms with Gasteiger partial charge in [0.05, 0.1) is 11.1 Å². The maximum absolute atomic E-state index is 12.3. The molecule has 2 aromatic carbocycles. The van der Waals surface area contributed by atoms with Gasteiger partial charge in [0.2, 0.25) is 0 Å². The summed E-state index contributed by atoms with van der Waals surface area (Å²) in [6.07, 6.45) is -1.15. The summed E-state index contributed by atoms with van der Waals surface area (Å²) in [6.45, 7) is 7.39. The van der Waals surface area contributed by atoms with E-state index in [4.69, 9.17) is 16.3 Å². The first kappa shape index (κ1) is 20.3. The molecule has 0 fully saturated rings. The fourth-order valence-corrected chi connectivity index (χ4v) is 3.78. The number of hydrogen-bond acceptors (Lipinski definition) is 5. The second kappa shape index (κ2) is 7.34. The quantitative estimate of drug-likeness (QED) is 0.503. The smallest absolute Gasteiger partial charge is 0.337 e. The molecule has 154 valence electrons. The van der Waals surface area contributed by atoms with Gasteiger partial charge in [0.15, 0.2) is 11.8 Å². The van der Waals surface area contributed by atoms with Gasteiger partial charge in [-0.25, -0.2) is 4.79 Å². The Bertz CT molecular complexity index is 1260. The number of hydrogen-bond donors (Lipinski definition) is 1. The number of pyridine rings is 1. The fraction of sp³-hybridized carbons (Fsp3) is 0.273. The Labute approximate surface area is 178 Å². The van der Waals surface area contributed by atoms with Crippen molar-refractivity contribution in [3.63, 3.8) is 0 Å². The monoisotopic (exact) mass is 424 g/mol. The number of tetrazole rings is 1. The number of benzene rings is 2. The van der Waals surface area contributed by atoms with Gasteiger partial charge in [0.25, 0.3) is 0 Å². The molecule has 0 aliphatic rings. The predicted molar refractivity (Wildman–Crippen MR) is 115 cm³/mol. The number of rotatable bonds is 4. The lowest BCUT2D eigenvalue weighted by Gasteiger charge is -2.28. The molecule has 2 heterocycles. The second-order valence-electron chi connectivity index (χ2n) is 8.15. The number of carboxylic acid groups (broad SMARTS) is 1. The average molecular weight is 425 g/mol. The molecule has 0 unspecified atom stereocenters. The highest BCUT2D eigenvalue weighted by atomic mass is 35.5. The zero-order valence-electron chi connectivity index (χ0n) is 17.0. The van der Waals surface area contributed by atoms with E-state index in [0.29, 0.717) is 16.2 Å². The molecule has 1 N–H and O–H groups in total. The number of aromatic nitrogens is 4. The van der Waals surface area contributed by atoms with Gasteiger partial charge in [0, 0.05) is 16.0 Å². The zero-order chi connectivity index (χ0) is 21.6. The maximum Gasteiger partial charge on any atom is 0.337 e. The van der Waals surface area contributed by atoms with Gasteiger partial charge in [-0.3, -0.25) is 0 Å². The van der Waals surface area contributed by atoms with Crippen LogP contribution in [0.15, 0.2) is 42.5 Å². The lowest BCUT2D eigenvalue weighted by atomic mass is 9.88. The number of carboxylic acids is 1. The Morgan fingerprint density at radius 3 is 2.50 bits per heavy atom. The summed E-state index contributed by atoms with van der Waals surface area (Å²) in [5, 5.41) is 23.3. The molecule has 7 nitrogen and oxygen atoms in total. The molecule has 0 bridgehead atoms. The third kappa shape index (κ3) is 3.62. The van der Waals surface area contributed by atoms with Crippen LogP contribution in [0.25, 0.3) is 27.7 Å². The number of aliphatic carboxylic acids is 1. The predicted octanol–water partition coefficient (Wildman–Crippen LogP) is 4.85. The number of halogens is 1. The second-order valence-corrected chi connectivity index (χ2v) is 8.59. The summed E-state index contributed by atoms with van der Waals surface area (Å²) in [5.74, 6) is -1.05. The van der Waals surface area contributed by atoms with E-state index in [1.54, 1.807) is 22.7 Å². The van der Waals surface area contributed by atoms with Gasteiger partial charge in [-0.2, -0.15) is 4.52 Å². The lowest BCUT2D eigenvalue weighted by molar-refractivity contribution is -0.160. The van der Waals surface area contributed by atoms with Gasteiger partial charge in [-0.05, 0) is 85.1 Å². The molecule has 4 rings (SSSR count). The summed E-state index contributed by atoms with van der Waals surface area (Å²) < 4.78 is 7.65. The Morgan fingerprint density at radius 2 is 1.87 bits per heavy atom. The summed E-state index contributed by atoms with van der Waals surface area (Å²) in [5.41, 5.74) is 3.70. The Morgan fingerprint density at radius 1 is 1.17 bits per heavy atom. The summed E-state index contributed by atoms with van der Waals surface area (Å²) in [4.78, 5) is 12.3. The van der Waals surface area contributed by atoms with E-state index >= 15 is 0 Å². The first-order valence-corrected chi connectivity index (χ1v) is 9.84. The average Bonchev–Trinajstić information content (AvgIpc) is 3.14. The van der Waals surface area contributed by atoms with Crippen LogP contribution in [0, 0.1) is 6.92 Å². The van der Waals surface area contributed by atoms with Crippen LogP contribution < -0.4 is 0 Å². The largest absolute Gasteiger partial charge is 0.479 e. The minimum atomic E-state index is -1.15. The Kier molecular flexibility index (Phi) is 4.95. The molecular formula is C22H21ClN4O3. The molecule has 0 spiro atoms. The van der Waals surface area contributed by atoms with E-state index in [9.17, 15) is 9.90 Å². The number of ether oxygens (including phenoxy) is 1. The molecular weight excluding hydrogens is 404 g/mol. The molecule has 30 heavy (non-hydrogen) atoms. The van der Waals surface area contributed by atoms with Crippen molar-refractivity contribution < 1.29 is 14.6 Å². The molecule has 0 amide bonds. The number of aryl methyl sites for hydroxylation is 1. The van der Waals surface area contributed by atoms with Crippen LogP contribution >= 0.6 is 11.6 Å². The Hall–Kier alpha value is -3.03. The van der Waals surface area contributed by atoms with Crippen LogP contribution in [0.5, 0.6) is 0 Å². The lowest BCUT2D eigenvalue weighted by Crippen LogP contribution is -2.28. The third-order valence-corrected chi connectivity index (χ3v) is 5.06. The van der Waals surface area contributed by atoms with Gasteiger partial charge in [-0.1, -0.05) is 23.7 Å². The first-order chi connectivity index (χ1) is 14.2. The van der Waals surface area contributed by atoms with Crippen LogP contribution in [0.4, 0.5) is 0 Å². The van der Waals surface area contributed by atoms with Gasteiger partial charge < -0.3 is 9.84 Å². The van der Waals surface area contributed by atoms with Crippen LogP contribution in [0.2, 0.25) is 5.02 Å². The minimum Gasteiger partial charge on any atom is -0.479 e. The number of carbonyl (C=O) groups is 1. The van der Waals surface area contributed by atoms with E-state index in [2.05, 4.69) is 15.5 Å². The van der Waals surface area contributed by atoms with Crippen molar-refractivity contribution >= 4 is 34.1 Å². The highest BCUT2D eigenvalue weighted by molar-refractivity contribution is 6.30. The van der Waals surface area contributed by atoms with Crippen LogP contribution in [0.3, 0.4) is 0 Å². The molecule has 1 atom stereocenters. The van der Waals surface area contributed by atoms with Crippen molar-refractivity contribution in [1.82, 2.24) is 20.0 Å². The van der Waals surface area contributed by atoms with Crippen molar-refractivity contribution in [3.05, 3.63) is 58.6 Å². The van der Waals surface area contributed by atoms with Gasteiger partial charge >= 0.3 is 5.97 Å². The van der Waals surface area contributed by atoms with Crippen molar-refractivity contribution in [2.75, 3.05) is 0 Å². The molecule has 0 saturated heterocycles. The molecule has 2 aromatic heterocycles. The van der Waals surface area contributed by atoms with Crippen molar-refractivity contribution in [1.29, 1.82) is 0 Å². The zero-order valence-corrected chi connectivity index (χ0v) is 17.8.